The maximum absolute atomic E-state index is 11.5. The third-order valence-corrected chi connectivity index (χ3v) is 10.2. The van der Waals surface area contributed by atoms with Crippen LogP contribution in [-0.4, -0.2) is 87.9 Å². The van der Waals surface area contributed by atoms with Gasteiger partial charge in [-0.2, -0.15) is 4.98 Å². The monoisotopic (exact) mass is 644 g/mol. The van der Waals surface area contributed by atoms with Crippen LogP contribution in [-0.2, 0) is 4.74 Å². The van der Waals surface area contributed by atoms with E-state index in [4.69, 9.17) is 15.6 Å². The van der Waals surface area contributed by atoms with Crippen molar-refractivity contribution in [1.82, 2.24) is 14.5 Å². The van der Waals surface area contributed by atoms with Gasteiger partial charge < -0.3 is 41.1 Å². The summed E-state index contributed by atoms with van der Waals surface area (Å²) in [6, 6.07) is 0. The molecule has 12 nitrogen and oxygen atoms in total. The summed E-state index contributed by atoms with van der Waals surface area (Å²) in [7, 11) is 0. The molecule has 256 valence electrons. The summed E-state index contributed by atoms with van der Waals surface area (Å²) in [6.07, 6.45) is 9.02. The van der Waals surface area contributed by atoms with E-state index in [0.29, 0.717) is 42.4 Å². The van der Waals surface area contributed by atoms with Crippen molar-refractivity contribution >= 4 is 5.95 Å². The Balaban J connectivity index is 0.000000240. The highest BCUT2D eigenvalue weighted by Gasteiger charge is 2.50. The standard InChI is InChI=1S/C26H40O3.C8H12N4O5/c1-18(7-5-13-25(2,3)29)23-11-12-24-20(8-6-14-26(23,24)4)10-9-19-15-21(27)17-22(28)16-19;9-7-10-2-12(8(16)11-7)6-5(15)4(14)3(1-13)17-6/h9-10,18,21-24,27-29H,6-8,11-12,14-17H2,1-4H3;2-6,13-15H,1H2,(H2,9,11,16)/b20-10+;/t18-,21-,22-,23-,24-,26-;3-,4-,5-,6-/m11/s1. The first-order chi connectivity index (χ1) is 21.6. The zero-order valence-electron chi connectivity index (χ0n) is 27.4. The van der Waals surface area contributed by atoms with Gasteiger partial charge in [0.1, 0.15) is 30.2 Å². The molecule has 1 saturated heterocycles. The van der Waals surface area contributed by atoms with Crippen LogP contribution in [0.25, 0.3) is 0 Å². The molecule has 12 heteroatoms. The topological polar surface area (TPSA) is 204 Å². The SMILES string of the molecule is C[C@H](CC#CC(C)(C)O)[C@H]1CC[C@@H]2/C(=C/C=C3C[C@@H](O)C[C@H](O)C3)CCC[C@@]21C.Nc1ncn([C@@H]2O[C@H](CO)[C@@H](O)[C@H]2O)c(=O)n1. The lowest BCUT2D eigenvalue weighted by Crippen LogP contribution is -2.36. The van der Waals surface area contributed by atoms with Gasteiger partial charge in [0.2, 0.25) is 5.95 Å². The molecule has 1 aromatic heterocycles. The van der Waals surface area contributed by atoms with Crippen molar-refractivity contribution in [2.24, 2.45) is 23.2 Å². The van der Waals surface area contributed by atoms with Gasteiger partial charge in [-0.05, 0) is 88.4 Å². The summed E-state index contributed by atoms with van der Waals surface area (Å²) in [5.41, 5.74) is 6.64. The van der Waals surface area contributed by atoms with E-state index in [1.807, 2.05) is 0 Å². The second-order valence-electron chi connectivity index (χ2n) is 14.3. The van der Waals surface area contributed by atoms with E-state index in [1.54, 1.807) is 19.4 Å². The van der Waals surface area contributed by atoms with E-state index in [0.717, 1.165) is 17.3 Å². The van der Waals surface area contributed by atoms with Crippen LogP contribution in [0.1, 0.15) is 91.7 Å². The Hall–Kier alpha value is -2.63. The molecule has 0 radical (unpaired) electrons. The maximum Gasteiger partial charge on any atom is 0.354 e. The third-order valence-electron chi connectivity index (χ3n) is 10.2. The largest absolute Gasteiger partial charge is 0.394 e. The van der Waals surface area contributed by atoms with E-state index < -0.39 is 54.6 Å². The minimum atomic E-state index is -1.35. The van der Waals surface area contributed by atoms with Crippen LogP contribution >= 0.6 is 0 Å². The highest BCUT2D eigenvalue weighted by atomic mass is 16.6. The van der Waals surface area contributed by atoms with E-state index in [9.17, 15) is 30.3 Å². The summed E-state index contributed by atoms with van der Waals surface area (Å²) in [4.78, 5) is 18.4. The highest BCUT2D eigenvalue weighted by molar-refractivity contribution is 5.26. The van der Waals surface area contributed by atoms with Gasteiger partial charge in [0.05, 0.1) is 18.8 Å². The lowest BCUT2D eigenvalue weighted by molar-refractivity contribution is -0.0554. The van der Waals surface area contributed by atoms with Gasteiger partial charge >= 0.3 is 5.69 Å². The number of allylic oxidation sites excluding steroid dienone is 3. The number of fused-ring (bicyclic) bond motifs is 1. The number of nitrogens with two attached hydrogens (primary N) is 1. The smallest absolute Gasteiger partial charge is 0.354 e. The van der Waals surface area contributed by atoms with Crippen molar-refractivity contribution < 1.29 is 35.4 Å². The molecule has 0 unspecified atom stereocenters. The van der Waals surface area contributed by atoms with Crippen LogP contribution in [0.15, 0.2) is 34.4 Å². The van der Waals surface area contributed by atoms with Crippen molar-refractivity contribution in [2.45, 2.75) is 128 Å². The zero-order valence-corrected chi connectivity index (χ0v) is 27.4. The third kappa shape index (κ3) is 8.63. The first-order valence-electron chi connectivity index (χ1n) is 16.4. The number of nitrogens with zero attached hydrogens (tertiary/aromatic N) is 3. The lowest BCUT2D eigenvalue weighted by atomic mass is 9.61. The lowest BCUT2D eigenvalue weighted by Gasteiger charge is -2.44. The van der Waals surface area contributed by atoms with Gasteiger partial charge in [0.25, 0.3) is 0 Å². The predicted octanol–water partition coefficient (Wildman–Crippen LogP) is 1.59. The van der Waals surface area contributed by atoms with Crippen LogP contribution in [0.3, 0.4) is 0 Å². The second-order valence-corrected chi connectivity index (χ2v) is 14.3. The molecular weight excluding hydrogens is 592 g/mol. The molecule has 4 fully saturated rings. The predicted molar refractivity (Wildman–Crippen MR) is 172 cm³/mol. The average molecular weight is 645 g/mol. The molecule has 0 aromatic carbocycles. The number of ether oxygens (including phenoxy) is 1. The van der Waals surface area contributed by atoms with Gasteiger partial charge in [-0.15, -0.1) is 5.92 Å². The number of rotatable bonds is 5. The quantitative estimate of drug-likeness (QED) is 0.229. The van der Waals surface area contributed by atoms with Crippen LogP contribution in [0.4, 0.5) is 5.95 Å². The fraction of sp³-hybridized carbons (Fsp3) is 0.735. The molecule has 8 N–H and O–H groups in total. The van der Waals surface area contributed by atoms with E-state index in [2.05, 4.69) is 47.8 Å². The van der Waals surface area contributed by atoms with Crippen molar-refractivity contribution in [1.29, 1.82) is 0 Å². The molecule has 0 amide bonds. The zero-order chi connectivity index (χ0) is 33.8. The second kappa shape index (κ2) is 15.1. The van der Waals surface area contributed by atoms with Crippen LogP contribution in [0, 0.1) is 35.0 Å². The molecular formula is C34H52N4O8. The average Bonchev–Trinajstić information content (AvgIpc) is 3.47. The number of hydrogen-bond donors (Lipinski definition) is 7. The summed E-state index contributed by atoms with van der Waals surface area (Å²) >= 11 is 0. The first kappa shape index (κ1) is 36.2. The van der Waals surface area contributed by atoms with Crippen molar-refractivity contribution in [3.8, 4) is 11.8 Å². The summed E-state index contributed by atoms with van der Waals surface area (Å²) in [5.74, 6) is 7.88. The molecule has 0 bridgehead atoms. The molecule has 2 heterocycles. The first-order valence-corrected chi connectivity index (χ1v) is 16.4. The summed E-state index contributed by atoms with van der Waals surface area (Å²) in [6.45, 7) is 7.84. The highest BCUT2D eigenvalue weighted by Crippen LogP contribution is 2.59. The van der Waals surface area contributed by atoms with Crippen molar-refractivity contribution in [2.75, 3.05) is 12.3 Å². The van der Waals surface area contributed by atoms with Gasteiger partial charge in [0.15, 0.2) is 6.23 Å². The summed E-state index contributed by atoms with van der Waals surface area (Å²) < 4.78 is 6.04. The molecule has 3 saturated carbocycles. The number of nitrogen functional groups attached to an aromatic ring is 1. The van der Waals surface area contributed by atoms with E-state index in [-0.39, 0.29) is 5.95 Å². The van der Waals surface area contributed by atoms with Gasteiger partial charge in [-0.3, -0.25) is 4.57 Å². The van der Waals surface area contributed by atoms with Crippen molar-refractivity contribution in [3.05, 3.63) is 40.1 Å². The molecule has 0 spiro atoms. The van der Waals surface area contributed by atoms with Crippen LogP contribution in [0.5, 0.6) is 0 Å². The van der Waals surface area contributed by atoms with E-state index >= 15 is 0 Å². The molecule has 1 aliphatic heterocycles. The van der Waals surface area contributed by atoms with Gasteiger partial charge in [-0.1, -0.05) is 43.1 Å². The molecule has 46 heavy (non-hydrogen) atoms. The molecule has 10 atom stereocenters. The maximum atomic E-state index is 11.5. The van der Waals surface area contributed by atoms with Gasteiger partial charge in [0, 0.05) is 6.42 Å². The van der Waals surface area contributed by atoms with Crippen LogP contribution < -0.4 is 11.4 Å². The number of aromatic nitrogens is 3. The Morgan fingerprint density at radius 2 is 1.87 bits per heavy atom. The fourth-order valence-corrected chi connectivity index (χ4v) is 7.95. The number of aliphatic hydroxyl groups is 6. The van der Waals surface area contributed by atoms with E-state index in [1.165, 1.54) is 37.7 Å². The number of anilines is 1. The van der Waals surface area contributed by atoms with Crippen molar-refractivity contribution in [3.63, 3.8) is 0 Å². The Labute approximate surface area is 271 Å². The molecule has 3 aliphatic carbocycles. The molecule has 1 aromatic rings. The Morgan fingerprint density at radius 3 is 2.48 bits per heavy atom. The van der Waals surface area contributed by atoms with Crippen LogP contribution in [0.2, 0.25) is 0 Å². The Bertz CT molecular complexity index is 1370. The number of aliphatic hydroxyl groups excluding tert-OH is 5. The Kier molecular flexibility index (Phi) is 11.9. The number of hydrogen-bond acceptors (Lipinski definition) is 11. The minimum absolute atomic E-state index is 0.196. The Morgan fingerprint density at radius 1 is 1.17 bits per heavy atom. The fourth-order valence-electron chi connectivity index (χ4n) is 7.95. The minimum Gasteiger partial charge on any atom is -0.394 e. The molecule has 5 rings (SSSR count). The summed E-state index contributed by atoms with van der Waals surface area (Å²) in [5, 5.41) is 57.8. The van der Waals surface area contributed by atoms with Gasteiger partial charge in [-0.25, -0.2) is 9.78 Å². The molecule has 4 aliphatic rings. The normalized spacial score (nSPS) is 35.9.